The zero-order chi connectivity index (χ0) is 74.2. The lowest BCUT2D eigenvalue weighted by molar-refractivity contribution is -0.157. The Hall–Kier alpha value is -5.90. The lowest BCUT2D eigenvalue weighted by Gasteiger charge is -2.41. The van der Waals surface area contributed by atoms with Crippen LogP contribution in [0, 0.1) is 41.4 Å². The number of rotatable bonds is 22. The molecule has 0 aromatic rings. The molecule has 2 saturated heterocycles. The summed E-state index contributed by atoms with van der Waals surface area (Å²) >= 11 is 1.17. The molecule has 0 unspecified atom stereocenters. The number of likely N-dealkylation sites (N-methyl/N-ethyl adjacent to an activating group) is 7. The van der Waals surface area contributed by atoms with Gasteiger partial charge < -0.3 is 70.1 Å². The molecule has 2 fully saturated rings. The molecule has 5 N–H and O–H groups in total. The number of carbonyl (C=O) groups excluding carboxylic acids is 11. The van der Waals surface area contributed by atoms with Crippen LogP contribution in [-0.2, 0) is 62.2 Å². The molecule has 2 rings (SSSR count). The van der Waals surface area contributed by atoms with E-state index >= 15 is 33.6 Å². The highest BCUT2D eigenvalue weighted by Crippen LogP contribution is 2.27. The molecule has 0 aliphatic carbocycles. The molecular formula is C70H126N12O14S. The van der Waals surface area contributed by atoms with Crippen molar-refractivity contribution in [3.63, 3.8) is 0 Å². The monoisotopic (exact) mass is 1390 g/mol. The normalized spacial score (nSPS) is 27.0. The van der Waals surface area contributed by atoms with Gasteiger partial charge in [-0.2, -0.15) is 0 Å². The van der Waals surface area contributed by atoms with Gasteiger partial charge in [0.05, 0.1) is 25.9 Å². The predicted octanol–water partition coefficient (Wildman–Crippen LogP) is 3.68. The van der Waals surface area contributed by atoms with Crippen molar-refractivity contribution in [2.24, 2.45) is 41.4 Å². The number of amides is 11. The topological polar surface area (TPSA) is 300 Å². The van der Waals surface area contributed by atoms with Crippen molar-refractivity contribution in [3.8, 4) is 0 Å². The van der Waals surface area contributed by atoms with Crippen LogP contribution in [-0.4, -0.2) is 282 Å². The number of carbonyl (C=O) groups is 11. The zero-order valence-electron chi connectivity index (χ0n) is 63.3. The van der Waals surface area contributed by atoms with E-state index in [4.69, 9.17) is 9.47 Å². The summed E-state index contributed by atoms with van der Waals surface area (Å²) in [5, 5.41) is 22.2. The summed E-state index contributed by atoms with van der Waals surface area (Å²) in [6, 6.07) is -12.9. The number of ether oxygens (including phenoxy) is 2. The second-order valence-electron chi connectivity index (χ2n) is 29.1. The fourth-order valence-corrected chi connectivity index (χ4v) is 13.2. The first-order valence-electron chi connectivity index (χ1n) is 35.1. The Kier molecular flexibility index (Phi) is 37.4. The fourth-order valence-electron chi connectivity index (χ4n) is 12.1. The van der Waals surface area contributed by atoms with E-state index in [0.717, 1.165) is 18.0 Å². The number of allylic oxidation sites excluding steroid dienone is 2. The summed E-state index contributed by atoms with van der Waals surface area (Å²) < 4.78 is 11.7. The molecule has 0 aromatic carbocycles. The quantitative estimate of drug-likeness (QED) is 0.0763. The first kappa shape index (κ1) is 87.2. The summed E-state index contributed by atoms with van der Waals surface area (Å²) in [5.41, 5.74) is 0. The Labute approximate surface area is 584 Å². The molecule has 0 radical (unpaired) electrons. The van der Waals surface area contributed by atoms with Gasteiger partial charge in [0, 0.05) is 69.0 Å². The average molecular weight is 1390 g/mol. The molecule has 556 valence electrons. The minimum Gasteiger partial charge on any atom is -0.390 e. The van der Waals surface area contributed by atoms with Gasteiger partial charge in [0.1, 0.15) is 60.4 Å². The summed E-state index contributed by atoms with van der Waals surface area (Å²) in [6.45, 7) is 33.2. The maximum atomic E-state index is 15.5. The number of thioether (sulfide) groups is 1. The van der Waals surface area contributed by atoms with Gasteiger partial charge in [-0.15, -0.1) is 11.8 Å². The molecule has 0 bridgehead atoms. The molecular weight excluding hydrogens is 1260 g/mol. The van der Waals surface area contributed by atoms with Crippen LogP contribution in [0.25, 0.3) is 0 Å². The van der Waals surface area contributed by atoms with Crippen molar-refractivity contribution in [2.75, 3.05) is 101 Å². The van der Waals surface area contributed by atoms with Gasteiger partial charge in [-0.3, -0.25) is 57.6 Å². The van der Waals surface area contributed by atoms with Gasteiger partial charge in [0.15, 0.2) is 5.37 Å². The molecule has 2 aliphatic rings. The third-order valence-corrected chi connectivity index (χ3v) is 19.6. The molecule has 0 saturated carbocycles. The number of aliphatic hydroxyl groups excluding tert-OH is 1. The Balaban J connectivity index is 3.12. The number of aliphatic hydroxyl groups is 1. The van der Waals surface area contributed by atoms with Crippen molar-refractivity contribution < 1.29 is 67.3 Å². The molecule has 2 heterocycles. The second kappa shape index (κ2) is 41.6. The van der Waals surface area contributed by atoms with Crippen molar-refractivity contribution in [2.45, 2.75) is 228 Å². The van der Waals surface area contributed by atoms with Crippen molar-refractivity contribution in [1.29, 1.82) is 0 Å². The van der Waals surface area contributed by atoms with Crippen LogP contribution in [0.1, 0.15) is 156 Å². The van der Waals surface area contributed by atoms with Crippen molar-refractivity contribution in [1.82, 2.24) is 60.5 Å². The third kappa shape index (κ3) is 25.7. The van der Waals surface area contributed by atoms with Gasteiger partial charge >= 0.3 is 0 Å². The van der Waals surface area contributed by atoms with Gasteiger partial charge in [0.25, 0.3) is 5.91 Å². The Bertz CT molecular complexity index is 2620. The number of nitrogens with zero attached hydrogens (tertiary/aromatic N) is 8. The van der Waals surface area contributed by atoms with Crippen LogP contribution in [0.15, 0.2) is 12.2 Å². The van der Waals surface area contributed by atoms with Crippen LogP contribution in [0.5, 0.6) is 0 Å². The fraction of sp³-hybridized carbons (Fsp3) is 0.814. The Morgan fingerprint density at radius 1 is 0.526 bits per heavy atom. The van der Waals surface area contributed by atoms with E-state index in [1.807, 2.05) is 68.4 Å². The molecule has 0 aromatic heterocycles. The molecule has 97 heavy (non-hydrogen) atoms. The summed E-state index contributed by atoms with van der Waals surface area (Å²) in [7, 11) is 10.00. The Morgan fingerprint density at radius 3 is 1.52 bits per heavy atom. The highest BCUT2D eigenvalue weighted by molar-refractivity contribution is 8.00. The highest BCUT2D eigenvalue weighted by Gasteiger charge is 2.46. The average Bonchev–Trinajstić information content (AvgIpc) is 0.808. The summed E-state index contributed by atoms with van der Waals surface area (Å²) in [6.07, 6.45) is 3.36. The smallest absolute Gasteiger partial charge is 0.256 e. The van der Waals surface area contributed by atoms with Crippen LogP contribution in [0.2, 0.25) is 0 Å². The molecule has 27 heteroatoms. The predicted molar refractivity (Wildman–Crippen MR) is 378 cm³/mol. The molecule has 0 spiro atoms. The maximum Gasteiger partial charge on any atom is 0.256 e. The number of nitrogens with one attached hydrogen (secondary N) is 4. The van der Waals surface area contributed by atoms with Gasteiger partial charge in [0.2, 0.25) is 59.1 Å². The SMILES string of the molecule is C/C=C/C[C@@H](C)[C@@H](O)[C@H]1C(=O)N[C@@H](CC)C(=O)N(C)[C@H](SCCCN2CCOCC2)C(=O)N(C)[C@@H](COCC(C)C)C(=O)N[C@@H](C(C)C)C(=O)N(C)[C@@H](CC(C)C)C(=O)N[C@@H](C)C(=O)N[C@H](C)C(=O)N(C)[C@@H](CC(C)C)C(=O)N(C)[C@@H](CC(C)C)C(=O)N(C)[C@@H](C(C)C)C(=O)N1C. The minimum absolute atomic E-state index is 0.00844. The largest absolute Gasteiger partial charge is 0.390 e. The van der Waals surface area contributed by atoms with Crippen molar-refractivity contribution in [3.05, 3.63) is 12.2 Å². The number of hydrogen-bond acceptors (Lipinski definition) is 16. The van der Waals surface area contributed by atoms with Gasteiger partial charge in [-0.05, 0) is 113 Å². The first-order chi connectivity index (χ1) is 45.2. The highest BCUT2D eigenvalue weighted by atomic mass is 32.2. The van der Waals surface area contributed by atoms with E-state index in [1.165, 1.54) is 104 Å². The van der Waals surface area contributed by atoms with Crippen LogP contribution in [0.4, 0.5) is 0 Å². The molecule has 2 aliphatic heterocycles. The summed E-state index contributed by atoms with van der Waals surface area (Å²) in [4.78, 5) is 176. The maximum absolute atomic E-state index is 15.5. The van der Waals surface area contributed by atoms with E-state index in [0.29, 0.717) is 38.4 Å². The number of hydrogen-bond donors (Lipinski definition) is 5. The third-order valence-electron chi connectivity index (χ3n) is 18.2. The van der Waals surface area contributed by atoms with Crippen LogP contribution < -0.4 is 21.3 Å². The van der Waals surface area contributed by atoms with E-state index in [9.17, 15) is 24.3 Å². The van der Waals surface area contributed by atoms with E-state index in [-0.39, 0.29) is 62.6 Å². The van der Waals surface area contributed by atoms with E-state index in [1.54, 1.807) is 47.6 Å². The van der Waals surface area contributed by atoms with Crippen molar-refractivity contribution >= 4 is 76.7 Å². The lowest BCUT2D eigenvalue weighted by atomic mass is 9.91. The first-order valence-corrected chi connectivity index (χ1v) is 36.1. The van der Waals surface area contributed by atoms with E-state index < -0.39 is 155 Å². The van der Waals surface area contributed by atoms with E-state index in [2.05, 4.69) is 26.2 Å². The number of morpholine rings is 1. The molecule has 13 atom stereocenters. The minimum atomic E-state index is -1.65. The zero-order valence-corrected chi connectivity index (χ0v) is 64.1. The molecule has 26 nitrogen and oxygen atoms in total. The van der Waals surface area contributed by atoms with Gasteiger partial charge in [-0.25, -0.2) is 0 Å². The van der Waals surface area contributed by atoms with Crippen LogP contribution in [0.3, 0.4) is 0 Å². The standard InChI is InChI=1S/C70H126N12O14S/c1-25-27-29-47(15)58(83)57-62(87)73-50(26-2)64(89)81(24)70(97-35-28-30-82-31-33-95-34-32-82)69(94)78(21)54(40-96-39-44(9)10)61(86)74-55(45(11)12)67(92)75(18)51(36-41(3)4)60(85)71-48(16)59(84)72-49(17)63(88)76(19)52(37-42(5)6)65(90)77(20)53(38-43(7)8)66(91)79(22)56(46(13)14)68(93)80(57)23/h25,27,41-58,70,83H,26,28-40H2,1-24H3,(H,71,85)(H,72,84)(H,73,87)(H,74,86)/b27-25+/t47-,48+,49-,50+,51+,52+,53+,54+,55+,56+,57+,58-,70-/m1/s1. The second-order valence-corrected chi connectivity index (χ2v) is 30.3. The lowest BCUT2D eigenvalue weighted by Crippen LogP contribution is -2.64. The van der Waals surface area contributed by atoms with Gasteiger partial charge in [-0.1, -0.05) is 109 Å². The summed E-state index contributed by atoms with van der Waals surface area (Å²) in [5.74, 6) is -9.64. The molecule has 11 amide bonds. The Morgan fingerprint density at radius 2 is 1.01 bits per heavy atom. The van der Waals surface area contributed by atoms with Crippen LogP contribution >= 0.6 is 11.8 Å².